The Morgan fingerprint density at radius 1 is 1.03 bits per heavy atom. The summed E-state index contributed by atoms with van der Waals surface area (Å²) in [4.78, 5) is 11.9. The molecule has 29 heavy (non-hydrogen) atoms. The van der Waals surface area contributed by atoms with Crippen LogP contribution in [0.2, 0.25) is 0 Å². The highest BCUT2D eigenvalue weighted by molar-refractivity contribution is 7.89. The number of sulfonamides is 1. The smallest absolute Gasteiger partial charge is 0.243 e. The van der Waals surface area contributed by atoms with E-state index in [0.29, 0.717) is 23.9 Å². The predicted molar refractivity (Wildman–Crippen MR) is 113 cm³/mol. The van der Waals surface area contributed by atoms with Crippen LogP contribution in [0.4, 0.5) is 5.82 Å². The second-order valence-electron chi connectivity index (χ2n) is 8.12. The lowest BCUT2D eigenvalue weighted by atomic mass is 9.85. The van der Waals surface area contributed by atoms with E-state index in [1.54, 1.807) is 16.6 Å². The topological polar surface area (TPSA) is 66.4 Å². The Balaban J connectivity index is 1.41. The van der Waals surface area contributed by atoms with E-state index in [9.17, 15) is 8.42 Å². The molecule has 150 valence electrons. The van der Waals surface area contributed by atoms with Crippen LogP contribution in [0.1, 0.15) is 17.5 Å². The van der Waals surface area contributed by atoms with Crippen LogP contribution in [0.15, 0.2) is 53.6 Å². The first-order valence-electron chi connectivity index (χ1n) is 9.99. The number of rotatable bonds is 3. The summed E-state index contributed by atoms with van der Waals surface area (Å²) in [5.74, 6) is 1.23. The van der Waals surface area contributed by atoms with Gasteiger partial charge in [-0.1, -0.05) is 24.3 Å². The summed E-state index contributed by atoms with van der Waals surface area (Å²) < 4.78 is 28.4. The lowest BCUT2D eigenvalue weighted by Gasteiger charge is -2.52. The van der Waals surface area contributed by atoms with Gasteiger partial charge in [0.05, 0.1) is 22.1 Å². The first kappa shape index (κ1) is 18.5. The number of anilines is 1. The maximum Gasteiger partial charge on any atom is 0.243 e. The maximum atomic E-state index is 13.3. The Hall–Kier alpha value is -2.51. The fraction of sp³-hybridized carbons (Fsp3) is 0.364. The van der Waals surface area contributed by atoms with Gasteiger partial charge < -0.3 is 4.90 Å². The third kappa shape index (κ3) is 3.09. The first-order valence-corrected chi connectivity index (χ1v) is 11.4. The summed E-state index contributed by atoms with van der Waals surface area (Å²) in [6.45, 7) is 5.94. The lowest BCUT2D eigenvalue weighted by molar-refractivity contribution is 0.0820. The SMILES string of the molecule is Cc1ccc(C)c(S(=O)(=O)N2CC3CCN(c4cnc5ccccc5n4)CC32)c1. The highest BCUT2D eigenvalue weighted by Crippen LogP contribution is 2.38. The quantitative estimate of drug-likeness (QED) is 0.666. The molecule has 2 fully saturated rings. The Morgan fingerprint density at radius 2 is 1.83 bits per heavy atom. The van der Waals surface area contributed by atoms with Crippen LogP contribution < -0.4 is 4.90 Å². The number of piperidine rings is 1. The number of fused-ring (bicyclic) bond motifs is 2. The van der Waals surface area contributed by atoms with Gasteiger partial charge in [0.25, 0.3) is 0 Å². The van der Waals surface area contributed by atoms with Crippen molar-refractivity contribution in [1.29, 1.82) is 0 Å². The van der Waals surface area contributed by atoms with E-state index in [0.717, 1.165) is 40.9 Å². The molecule has 1 aromatic heterocycles. The van der Waals surface area contributed by atoms with Gasteiger partial charge in [-0.2, -0.15) is 4.31 Å². The zero-order valence-corrected chi connectivity index (χ0v) is 17.4. The van der Waals surface area contributed by atoms with Crippen molar-refractivity contribution in [2.75, 3.05) is 24.5 Å². The molecule has 5 rings (SSSR count). The minimum absolute atomic E-state index is 0.0121. The Kier molecular flexibility index (Phi) is 4.33. The van der Waals surface area contributed by atoms with Crippen molar-refractivity contribution in [1.82, 2.24) is 14.3 Å². The minimum atomic E-state index is -3.50. The first-order chi connectivity index (χ1) is 13.9. The summed E-state index contributed by atoms with van der Waals surface area (Å²) in [5.41, 5.74) is 3.49. The predicted octanol–water partition coefficient (Wildman–Crippen LogP) is 3.15. The summed E-state index contributed by atoms with van der Waals surface area (Å²) in [6.07, 6.45) is 2.77. The molecule has 0 N–H and O–H groups in total. The van der Waals surface area contributed by atoms with Crippen LogP contribution in [-0.2, 0) is 10.0 Å². The van der Waals surface area contributed by atoms with Crippen molar-refractivity contribution in [2.45, 2.75) is 31.2 Å². The molecular weight excluding hydrogens is 384 g/mol. The van der Waals surface area contributed by atoms with Gasteiger partial charge in [0.2, 0.25) is 10.0 Å². The van der Waals surface area contributed by atoms with Crippen molar-refractivity contribution in [3.63, 3.8) is 0 Å². The van der Waals surface area contributed by atoms with E-state index in [2.05, 4.69) is 9.88 Å². The van der Waals surface area contributed by atoms with Crippen molar-refractivity contribution in [2.24, 2.45) is 5.92 Å². The number of aryl methyl sites for hydroxylation is 2. The van der Waals surface area contributed by atoms with Crippen LogP contribution in [0.25, 0.3) is 11.0 Å². The third-order valence-corrected chi connectivity index (χ3v) is 8.23. The summed E-state index contributed by atoms with van der Waals surface area (Å²) >= 11 is 0. The molecule has 2 aromatic carbocycles. The number of hydrogen-bond donors (Lipinski definition) is 0. The Labute approximate surface area is 171 Å². The minimum Gasteiger partial charge on any atom is -0.354 e. The molecule has 2 unspecified atom stereocenters. The van der Waals surface area contributed by atoms with Crippen molar-refractivity contribution < 1.29 is 8.42 Å². The fourth-order valence-corrected chi connectivity index (χ4v) is 6.49. The Morgan fingerprint density at radius 3 is 2.66 bits per heavy atom. The van der Waals surface area contributed by atoms with E-state index in [4.69, 9.17) is 4.98 Å². The largest absolute Gasteiger partial charge is 0.354 e. The van der Waals surface area contributed by atoms with Crippen molar-refractivity contribution in [3.05, 3.63) is 59.8 Å². The highest BCUT2D eigenvalue weighted by Gasteiger charge is 2.49. The molecule has 2 aliphatic rings. The second-order valence-corrected chi connectivity index (χ2v) is 9.98. The van der Waals surface area contributed by atoms with Gasteiger partial charge in [0.1, 0.15) is 5.82 Å². The molecule has 2 saturated heterocycles. The molecule has 0 radical (unpaired) electrons. The van der Waals surface area contributed by atoms with Crippen LogP contribution in [0, 0.1) is 19.8 Å². The van der Waals surface area contributed by atoms with Gasteiger partial charge in [0.15, 0.2) is 0 Å². The monoisotopic (exact) mass is 408 g/mol. The number of nitrogens with zero attached hydrogens (tertiary/aromatic N) is 4. The molecule has 7 heteroatoms. The number of para-hydroxylation sites is 2. The van der Waals surface area contributed by atoms with E-state index >= 15 is 0 Å². The fourth-order valence-electron chi connectivity index (χ4n) is 4.44. The van der Waals surface area contributed by atoms with Crippen LogP contribution >= 0.6 is 0 Å². The average Bonchev–Trinajstić information content (AvgIpc) is 2.70. The molecular formula is C22H24N4O2S. The number of hydrogen-bond acceptors (Lipinski definition) is 5. The average molecular weight is 409 g/mol. The molecule has 3 aromatic rings. The molecule has 6 nitrogen and oxygen atoms in total. The van der Waals surface area contributed by atoms with Crippen LogP contribution in [0.5, 0.6) is 0 Å². The molecule has 0 spiro atoms. The normalized spacial score (nSPS) is 22.3. The molecule has 2 aliphatic heterocycles. The maximum absolute atomic E-state index is 13.3. The van der Waals surface area contributed by atoms with Crippen LogP contribution in [-0.4, -0.2) is 48.4 Å². The van der Waals surface area contributed by atoms with E-state index in [-0.39, 0.29) is 6.04 Å². The van der Waals surface area contributed by atoms with E-state index in [1.165, 1.54) is 0 Å². The zero-order chi connectivity index (χ0) is 20.2. The van der Waals surface area contributed by atoms with Gasteiger partial charge >= 0.3 is 0 Å². The summed E-state index contributed by atoms with van der Waals surface area (Å²) in [7, 11) is -3.50. The highest BCUT2D eigenvalue weighted by atomic mass is 32.2. The van der Waals surface area contributed by atoms with E-state index < -0.39 is 10.0 Å². The molecule has 0 aliphatic carbocycles. The van der Waals surface area contributed by atoms with Crippen LogP contribution in [0.3, 0.4) is 0 Å². The molecule has 0 saturated carbocycles. The Bertz CT molecular complexity index is 1190. The zero-order valence-electron chi connectivity index (χ0n) is 16.6. The van der Waals surface area contributed by atoms with Gasteiger partial charge in [-0.05, 0) is 55.5 Å². The standard InChI is InChI=1S/C22H24N4O2S/c1-15-7-8-16(2)21(11-15)29(27,28)26-13-17-9-10-25(14-20(17)26)22-12-23-18-5-3-4-6-19(18)24-22/h3-8,11-12,17,20H,9-10,13-14H2,1-2H3. The molecule has 0 amide bonds. The summed E-state index contributed by atoms with van der Waals surface area (Å²) in [5, 5.41) is 0. The molecule has 2 atom stereocenters. The van der Waals surface area contributed by atoms with Crippen molar-refractivity contribution >= 4 is 26.9 Å². The lowest BCUT2D eigenvalue weighted by Crippen LogP contribution is -2.65. The summed E-state index contributed by atoms with van der Waals surface area (Å²) in [6, 6.07) is 13.4. The second kappa shape index (κ2) is 6.78. The van der Waals surface area contributed by atoms with Crippen molar-refractivity contribution in [3.8, 4) is 0 Å². The van der Waals surface area contributed by atoms with E-state index in [1.807, 2.05) is 50.2 Å². The van der Waals surface area contributed by atoms with Gasteiger partial charge in [-0.25, -0.2) is 13.4 Å². The van der Waals surface area contributed by atoms with Gasteiger partial charge in [-0.3, -0.25) is 4.98 Å². The third-order valence-electron chi connectivity index (χ3n) is 6.20. The molecule has 3 heterocycles. The molecule has 0 bridgehead atoms. The number of aromatic nitrogens is 2. The van der Waals surface area contributed by atoms with Gasteiger partial charge in [0, 0.05) is 25.7 Å². The van der Waals surface area contributed by atoms with Gasteiger partial charge in [-0.15, -0.1) is 0 Å². The number of benzene rings is 2.